The Bertz CT molecular complexity index is 3600. The Morgan fingerprint density at radius 3 is 1.69 bits per heavy atom. The number of benzene rings is 8. The van der Waals surface area contributed by atoms with Crippen molar-refractivity contribution >= 4 is 44.6 Å². The van der Waals surface area contributed by atoms with Crippen molar-refractivity contribution < 1.29 is 4.74 Å². The first-order valence-electron chi connectivity index (χ1n) is 23.7. The molecule has 5 nitrogen and oxygen atoms in total. The lowest BCUT2D eigenvalue weighted by atomic mass is 9.53. The monoisotopic (exact) mass is 864 g/mol. The highest BCUT2D eigenvalue weighted by Gasteiger charge is 2.51. The Kier molecular flexibility index (Phi) is 8.19. The molecular weight excluding hydrogens is 817 g/mol. The molecule has 0 fully saturated rings. The van der Waals surface area contributed by atoms with Gasteiger partial charge in [-0.3, -0.25) is 4.57 Å². The Balaban J connectivity index is 0.855. The van der Waals surface area contributed by atoms with Crippen LogP contribution in [0.4, 0.5) is 22.7 Å². The van der Waals surface area contributed by atoms with Crippen LogP contribution in [0.15, 0.2) is 200 Å². The van der Waals surface area contributed by atoms with E-state index >= 15 is 0 Å². The van der Waals surface area contributed by atoms with E-state index in [0.717, 1.165) is 34.0 Å². The van der Waals surface area contributed by atoms with Gasteiger partial charge in [0.1, 0.15) is 24.0 Å². The number of anilines is 4. The Morgan fingerprint density at radius 2 is 0.985 bits per heavy atom. The van der Waals surface area contributed by atoms with Gasteiger partial charge in [0.2, 0.25) is 0 Å². The molecule has 7 aliphatic rings. The van der Waals surface area contributed by atoms with Gasteiger partial charge in [-0.2, -0.15) is 0 Å². The van der Waals surface area contributed by atoms with Gasteiger partial charge in [-0.15, -0.1) is 0 Å². The van der Waals surface area contributed by atoms with Crippen molar-refractivity contribution in [3.8, 4) is 17.3 Å². The minimum atomic E-state index is -0.00660. The first-order chi connectivity index (χ1) is 32.9. The summed E-state index contributed by atoms with van der Waals surface area (Å²) in [6.07, 6.45) is 1.93. The van der Waals surface area contributed by atoms with Crippen molar-refractivity contribution in [1.82, 2.24) is 9.55 Å². The van der Waals surface area contributed by atoms with Crippen molar-refractivity contribution in [3.05, 3.63) is 250 Å². The van der Waals surface area contributed by atoms with E-state index in [-0.39, 0.29) is 29.1 Å². The standard InChI is InChI=1S/C62H48N4O/c1-62(2,3)38-32-33-63-56(34-38)66-51-26-11-10-18-42(51)43-31-30-41(36-55(43)66)67-40-17-14-16-39(35-40)64-37-65(53-28-13-12-27-52(53)64)54-29-15-25-50-59-48-23-8-9-24-49(48)61(60(50)54)58-46-21-6-4-19-44(46)57(59)45-20-5-7-22-47(45)58/h4-36,57-59,61H,37H2,1-3H3. The van der Waals surface area contributed by atoms with Crippen LogP contribution < -0.4 is 14.5 Å². The first kappa shape index (κ1) is 38.4. The summed E-state index contributed by atoms with van der Waals surface area (Å²) in [6, 6.07) is 72.0. The molecule has 17 rings (SSSR count). The maximum atomic E-state index is 6.83. The summed E-state index contributed by atoms with van der Waals surface area (Å²) in [4.78, 5) is 9.92. The summed E-state index contributed by atoms with van der Waals surface area (Å²) in [5.41, 5.74) is 20.0. The van der Waals surface area contributed by atoms with Crippen molar-refractivity contribution in [1.29, 1.82) is 0 Å². The second kappa shape index (κ2) is 14.3. The lowest BCUT2D eigenvalue weighted by molar-refractivity contribution is 0.483. The van der Waals surface area contributed by atoms with Crippen LogP contribution >= 0.6 is 0 Å². The highest BCUT2D eigenvalue weighted by molar-refractivity contribution is 6.09. The van der Waals surface area contributed by atoms with E-state index in [1.807, 2.05) is 6.20 Å². The quantitative estimate of drug-likeness (QED) is 0.173. The average Bonchev–Trinajstić information content (AvgIpc) is 3.90. The Hall–Kier alpha value is -7.89. The largest absolute Gasteiger partial charge is 0.457 e. The molecule has 5 heteroatoms. The lowest BCUT2D eigenvalue weighted by Crippen LogP contribution is -2.37. The van der Waals surface area contributed by atoms with E-state index in [9.17, 15) is 0 Å². The van der Waals surface area contributed by atoms with Crippen LogP contribution in [0.1, 0.15) is 94.5 Å². The van der Waals surface area contributed by atoms with Crippen LogP contribution in [0.5, 0.6) is 11.5 Å². The molecule has 0 saturated carbocycles. The molecule has 0 N–H and O–H groups in total. The fourth-order valence-corrected chi connectivity index (χ4v) is 12.5. The van der Waals surface area contributed by atoms with Crippen LogP contribution in [0.25, 0.3) is 27.6 Å². The van der Waals surface area contributed by atoms with Gasteiger partial charge >= 0.3 is 0 Å². The van der Waals surface area contributed by atoms with Gasteiger partial charge in [0, 0.05) is 64.1 Å². The van der Waals surface area contributed by atoms with Crippen molar-refractivity contribution in [2.45, 2.75) is 49.9 Å². The van der Waals surface area contributed by atoms with E-state index in [4.69, 9.17) is 9.72 Å². The number of aromatic nitrogens is 2. The lowest BCUT2D eigenvalue weighted by Gasteiger charge is -2.51. The fourth-order valence-electron chi connectivity index (χ4n) is 12.5. The van der Waals surface area contributed by atoms with E-state index in [2.05, 4.69) is 229 Å². The fraction of sp³-hybridized carbons (Fsp3) is 0.145. The molecule has 67 heavy (non-hydrogen) atoms. The molecule has 2 atom stereocenters. The maximum Gasteiger partial charge on any atom is 0.137 e. The summed E-state index contributed by atoms with van der Waals surface area (Å²) in [5.74, 6) is 3.23. The molecule has 0 saturated heterocycles. The third kappa shape index (κ3) is 5.64. The van der Waals surface area contributed by atoms with Crippen molar-refractivity contribution in [2.75, 3.05) is 16.5 Å². The minimum absolute atomic E-state index is 0.00660. The van der Waals surface area contributed by atoms with Crippen LogP contribution in [0.2, 0.25) is 0 Å². The maximum absolute atomic E-state index is 6.83. The summed E-state index contributed by atoms with van der Waals surface area (Å²) in [5, 5.41) is 2.36. The molecular formula is C62H48N4O. The van der Waals surface area contributed by atoms with E-state index in [1.165, 1.54) is 77.9 Å². The van der Waals surface area contributed by atoms with Gasteiger partial charge in [-0.05, 0) is 116 Å². The second-order valence-electron chi connectivity index (χ2n) is 19.8. The molecule has 322 valence electrons. The summed E-state index contributed by atoms with van der Waals surface area (Å²) >= 11 is 0. The summed E-state index contributed by atoms with van der Waals surface area (Å²) < 4.78 is 9.11. The molecule has 10 aromatic rings. The van der Waals surface area contributed by atoms with E-state index in [0.29, 0.717) is 6.67 Å². The van der Waals surface area contributed by atoms with Gasteiger partial charge in [0.15, 0.2) is 0 Å². The number of fused-ring (bicyclic) bond motifs is 4. The predicted octanol–water partition coefficient (Wildman–Crippen LogP) is 15.4. The zero-order chi connectivity index (χ0) is 44.5. The normalized spacial score (nSPS) is 18.6. The zero-order valence-corrected chi connectivity index (χ0v) is 37.8. The number of rotatable bonds is 5. The summed E-state index contributed by atoms with van der Waals surface area (Å²) in [7, 11) is 0. The van der Waals surface area contributed by atoms with Crippen molar-refractivity contribution in [2.24, 2.45) is 0 Å². The van der Waals surface area contributed by atoms with Gasteiger partial charge in [-0.1, -0.05) is 142 Å². The topological polar surface area (TPSA) is 33.5 Å². The highest BCUT2D eigenvalue weighted by Crippen LogP contribution is 2.65. The molecule has 6 aliphatic carbocycles. The first-order valence-corrected chi connectivity index (χ1v) is 23.7. The molecule has 0 spiro atoms. The molecule has 4 bridgehead atoms. The van der Waals surface area contributed by atoms with Gasteiger partial charge < -0.3 is 14.5 Å². The predicted molar refractivity (Wildman–Crippen MR) is 273 cm³/mol. The number of ether oxygens (including phenoxy) is 1. The third-order valence-corrected chi connectivity index (χ3v) is 15.3. The SMILES string of the molecule is CC(C)(C)c1ccnc(-n2c3ccccc3c3ccc(Oc4cccc(N5CN(c6cccc7c6C6c8ccccc8C7C7c8ccccc8C6c6ccccc67)c6ccccc65)c4)cc32)c1. The van der Waals surface area contributed by atoms with E-state index < -0.39 is 0 Å². The molecule has 0 radical (unpaired) electrons. The molecule has 8 aromatic carbocycles. The number of para-hydroxylation sites is 3. The zero-order valence-electron chi connectivity index (χ0n) is 37.8. The van der Waals surface area contributed by atoms with Gasteiger partial charge in [0.05, 0.1) is 22.4 Å². The van der Waals surface area contributed by atoms with Crippen LogP contribution in [0, 0.1) is 0 Å². The molecule has 0 amide bonds. The smallest absolute Gasteiger partial charge is 0.137 e. The van der Waals surface area contributed by atoms with Crippen LogP contribution in [0.3, 0.4) is 0 Å². The van der Waals surface area contributed by atoms with Gasteiger partial charge in [-0.25, -0.2) is 4.98 Å². The third-order valence-electron chi connectivity index (χ3n) is 15.3. The number of hydrogen-bond donors (Lipinski definition) is 0. The molecule has 2 unspecified atom stereocenters. The second-order valence-corrected chi connectivity index (χ2v) is 19.8. The highest BCUT2D eigenvalue weighted by atomic mass is 16.5. The number of hydrogen-bond acceptors (Lipinski definition) is 4. The molecule has 1 aliphatic heterocycles. The minimum Gasteiger partial charge on any atom is -0.457 e. The number of nitrogens with zero attached hydrogens (tertiary/aromatic N) is 4. The molecule has 3 heterocycles. The van der Waals surface area contributed by atoms with E-state index in [1.54, 1.807) is 0 Å². The van der Waals surface area contributed by atoms with Crippen LogP contribution in [-0.2, 0) is 5.41 Å². The summed E-state index contributed by atoms with van der Waals surface area (Å²) in [6.45, 7) is 7.41. The Morgan fingerprint density at radius 1 is 0.448 bits per heavy atom. The van der Waals surface area contributed by atoms with Gasteiger partial charge in [0.25, 0.3) is 0 Å². The van der Waals surface area contributed by atoms with Crippen molar-refractivity contribution in [3.63, 3.8) is 0 Å². The average molecular weight is 865 g/mol. The van der Waals surface area contributed by atoms with Crippen LogP contribution in [-0.4, -0.2) is 16.2 Å². The number of pyridine rings is 1. The molecule has 2 aromatic heterocycles. The Labute approximate surface area is 391 Å².